The van der Waals surface area contributed by atoms with Crippen LogP contribution >= 0.6 is 0 Å². The van der Waals surface area contributed by atoms with Gasteiger partial charge in [0.1, 0.15) is 11.9 Å². The van der Waals surface area contributed by atoms with Crippen molar-refractivity contribution in [3.8, 4) is 0 Å². The summed E-state index contributed by atoms with van der Waals surface area (Å²) in [6.07, 6.45) is 1.66. The maximum absolute atomic E-state index is 11.5. The molecule has 0 fully saturated rings. The van der Waals surface area contributed by atoms with Crippen LogP contribution in [0.1, 0.15) is 26.8 Å². The first-order chi connectivity index (χ1) is 7.00. The first-order valence-corrected chi connectivity index (χ1v) is 4.98. The number of nitrogens with two attached hydrogens (primary N) is 1. The number of nitrogen functional groups attached to an aromatic ring is 1. The molecule has 0 aliphatic carbocycles. The number of carbonyl (C=O) groups is 1. The maximum Gasteiger partial charge on any atom is 0.330 e. The second kappa shape index (κ2) is 4.82. The van der Waals surface area contributed by atoms with E-state index < -0.39 is 6.04 Å². The summed E-state index contributed by atoms with van der Waals surface area (Å²) in [5.41, 5.74) is 5.45. The number of carbonyl (C=O) groups excluding carboxylic acids is 1. The molecule has 0 spiro atoms. The zero-order valence-electron chi connectivity index (χ0n) is 9.30. The summed E-state index contributed by atoms with van der Waals surface area (Å²) in [7, 11) is 0. The molecule has 5 heteroatoms. The number of esters is 1. The van der Waals surface area contributed by atoms with Crippen LogP contribution in [0.25, 0.3) is 0 Å². The number of nitrogens with zero attached hydrogens (tertiary/aromatic N) is 2. The highest BCUT2D eigenvalue weighted by atomic mass is 16.5. The fourth-order valence-corrected chi connectivity index (χ4v) is 1.05. The molecule has 0 amide bonds. The monoisotopic (exact) mass is 211 g/mol. The second-order valence-electron chi connectivity index (χ2n) is 3.92. The largest absolute Gasteiger partial charge is 0.464 e. The van der Waals surface area contributed by atoms with Gasteiger partial charge in [-0.1, -0.05) is 13.8 Å². The maximum atomic E-state index is 11.5. The van der Waals surface area contributed by atoms with Gasteiger partial charge in [-0.3, -0.25) is 4.68 Å². The predicted octanol–water partition coefficient (Wildman–Crippen LogP) is 1.23. The summed E-state index contributed by atoms with van der Waals surface area (Å²) in [5, 5.41) is 3.95. The minimum Gasteiger partial charge on any atom is -0.464 e. The Morgan fingerprint density at radius 2 is 2.27 bits per heavy atom. The number of hydrogen-bond donors (Lipinski definition) is 1. The number of aromatic nitrogens is 2. The van der Waals surface area contributed by atoms with Crippen molar-refractivity contribution in [1.29, 1.82) is 0 Å². The quantitative estimate of drug-likeness (QED) is 0.760. The van der Waals surface area contributed by atoms with Crippen molar-refractivity contribution < 1.29 is 9.53 Å². The van der Waals surface area contributed by atoms with E-state index >= 15 is 0 Å². The Kier molecular flexibility index (Phi) is 3.71. The Morgan fingerprint density at radius 3 is 2.73 bits per heavy atom. The van der Waals surface area contributed by atoms with Gasteiger partial charge in [0.05, 0.1) is 6.61 Å². The van der Waals surface area contributed by atoms with E-state index in [0.717, 1.165) is 0 Å². The molecule has 0 saturated carbocycles. The van der Waals surface area contributed by atoms with E-state index in [2.05, 4.69) is 5.10 Å². The summed E-state index contributed by atoms with van der Waals surface area (Å²) < 4.78 is 6.59. The highest BCUT2D eigenvalue weighted by molar-refractivity contribution is 5.73. The minimum absolute atomic E-state index is 0.285. The Balaban J connectivity index is 2.53. The molecule has 1 heterocycles. The molecule has 0 aromatic carbocycles. The average Bonchev–Trinajstić information content (AvgIpc) is 2.60. The first kappa shape index (κ1) is 11.6. The summed E-state index contributed by atoms with van der Waals surface area (Å²) in [5.74, 6) is 0.453. The van der Waals surface area contributed by atoms with Crippen molar-refractivity contribution in [2.24, 2.45) is 5.92 Å². The lowest BCUT2D eigenvalue weighted by molar-refractivity contribution is -0.148. The Bertz CT molecular complexity index is 333. The zero-order chi connectivity index (χ0) is 11.4. The smallest absolute Gasteiger partial charge is 0.330 e. The fraction of sp³-hybridized carbons (Fsp3) is 0.600. The van der Waals surface area contributed by atoms with Crippen LogP contribution in [-0.2, 0) is 9.53 Å². The molecule has 2 N–H and O–H groups in total. The minimum atomic E-state index is -0.430. The molecular formula is C10H17N3O2. The predicted molar refractivity (Wildman–Crippen MR) is 57.1 cm³/mol. The van der Waals surface area contributed by atoms with Gasteiger partial charge < -0.3 is 10.5 Å². The van der Waals surface area contributed by atoms with Crippen LogP contribution in [0.4, 0.5) is 5.82 Å². The van der Waals surface area contributed by atoms with Crippen molar-refractivity contribution in [3.63, 3.8) is 0 Å². The number of anilines is 1. The lowest BCUT2D eigenvalue weighted by Gasteiger charge is -2.12. The van der Waals surface area contributed by atoms with E-state index in [1.807, 2.05) is 13.8 Å². The molecule has 5 nitrogen and oxygen atoms in total. The normalized spacial score (nSPS) is 12.8. The molecule has 84 valence electrons. The molecule has 1 atom stereocenters. The number of ether oxygens (including phenoxy) is 1. The van der Waals surface area contributed by atoms with Crippen LogP contribution in [0.15, 0.2) is 12.3 Å². The molecule has 1 aromatic heterocycles. The molecule has 15 heavy (non-hydrogen) atoms. The van der Waals surface area contributed by atoms with Crippen LogP contribution in [0.3, 0.4) is 0 Å². The van der Waals surface area contributed by atoms with E-state index in [1.54, 1.807) is 19.2 Å². The molecule has 0 aliphatic rings. The lowest BCUT2D eigenvalue weighted by atomic mass is 10.2. The van der Waals surface area contributed by atoms with Crippen LogP contribution < -0.4 is 5.73 Å². The van der Waals surface area contributed by atoms with E-state index in [1.165, 1.54) is 4.68 Å². The molecular weight excluding hydrogens is 194 g/mol. The van der Waals surface area contributed by atoms with Crippen molar-refractivity contribution >= 4 is 11.8 Å². The van der Waals surface area contributed by atoms with E-state index in [9.17, 15) is 4.79 Å². The van der Waals surface area contributed by atoms with Crippen LogP contribution in [0.5, 0.6) is 0 Å². The molecule has 0 aliphatic heterocycles. The molecule has 0 bridgehead atoms. The van der Waals surface area contributed by atoms with Gasteiger partial charge in [-0.25, -0.2) is 4.79 Å². The average molecular weight is 211 g/mol. The van der Waals surface area contributed by atoms with Crippen molar-refractivity contribution in [1.82, 2.24) is 9.78 Å². The van der Waals surface area contributed by atoms with E-state index in [-0.39, 0.29) is 5.97 Å². The van der Waals surface area contributed by atoms with Crippen molar-refractivity contribution in [2.45, 2.75) is 26.8 Å². The van der Waals surface area contributed by atoms with Gasteiger partial charge in [-0.05, 0) is 18.9 Å². The molecule has 0 saturated heterocycles. The Hall–Kier alpha value is -1.52. The zero-order valence-corrected chi connectivity index (χ0v) is 9.30. The molecule has 0 radical (unpaired) electrons. The molecule has 1 unspecified atom stereocenters. The summed E-state index contributed by atoms with van der Waals surface area (Å²) in [6.45, 7) is 6.14. The third-order valence-corrected chi connectivity index (χ3v) is 1.93. The van der Waals surface area contributed by atoms with Crippen molar-refractivity contribution in [3.05, 3.63) is 12.3 Å². The second-order valence-corrected chi connectivity index (χ2v) is 3.92. The summed E-state index contributed by atoms with van der Waals surface area (Å²) >= 11 is 0. The molecule has 1 rings (SSSR count). The Morgan fingerprint density at radius 1 is 1.60 bits per heavy atom. The van der Waals surface area contributed by atoms with Crippen LogP contribution in [-0.4, -0.2) is 22.4 Å². The van der Waals surface area contributed by atoms with Gasteiger partial charge in [-0.15, -0.1) is 0 Å². The van der Waals surface area contributed by atoms with Crippen LogP contribution in [0, 0.1) is 5.92 Å². The van der Waals surface area contributed by atoms with Gasteiger partial charge in [0, 0.05) is 6.20 Å². The third-order valence-electron chi connectivity index (χ3n) is 1.93. The van der Waals surface area contributed by atoms with Crippen molar-refractivity contribution in [2.75, 3.05) is 12.3 Å². The highest BCUT2D eigenvalue weighted by Gasteiger charge is 2.17. The van der Waals surface area contributed by atoms with Gasteiger partial charge >= 0.3 is 5.97 Å². The van der Waals surface area contributed by atoms with Crippen LogP contribution in [0.2, 0.25) is 0 Å². The standard InChI is InChI=1S/C10H17N3O2/c1-7(2)6-15-10(14)8(3)13-5-4-9(11)12-13/h4-5,7-8H,6H2,1-3H3,(H2,11,12). The summed E-state index contributed by atoms with van der Waals surface area (Å²) in [4.78, 5) is 11.5. The SMILES string of the molecule is CC(C)COC(=O)C(C)n1ccc(N)n1. The third kappa shape index (κ3) is 3.27. The van der Waals surface area contributed by atoms with Gasteiger partial charge in [0.25, 0.3) is 0 Å². The van der Waals surface area contributed by atoms with E-state index in [4.69, 9.17) is 10.5 Å². The van der Waals surface area contributed by atoms with E-state index in [0.29, 0.717) is 18.3 Å². The Labute approximate surface area is 89.2 Å². The lowest BCUT2D eigenvalue weighted by Crippen LogP contribution is -2.21. The molecule has 1 aromatic rings. The first-order valence-electron chi connectivity index (χ1n) is 4.98. The van der Waals surface area contributed by atoms with Gasteiger partial charge in [0.15, 0.2) is 0 Å². The van der Waals surface area contributed by atoms with Gasteiger partial charge in [0.2, 0.25) is 0 Å². The topological polar surface area (TPSA) is 70.1 Å². The fourth-order valence-electron chi connectivity index (χ4n) is 1.05. The number of hydrogen-bond acceptors (Lipinski definition) is 4. The summed E-state index contributed by atoms with van der Waals surface area (Å²) in [6, 6.07) is 1.22. The highest BCUT2D eigenvalue weighted by Crippen LogP contribution is 2.09. The van der Waals surface area contributed by atoms with Gasteiger partial charge in [-0.2, -0.15) is 5.10 Å². The number of rotatable bonds is 4.